The minimum atomic E-state index is 0.659. The number of benzene rings is 1. The van der Waals surface area contributed by atoms with Gasteiger partial charge in [0.05, 0.1) is 12.3 Å². The van der Waals surface area contributed by atoms with Crippen molar-refractivity contribution in [2.45, 2.75) is 6.92 Å². The third-order valence-electron chi connectivity index (χ3n) is 2.18. The standard InChI is InChI=1S/C13H10N2/c1-10-4-3-5-13(15-10)11-6-8-12(14-2)9-7-11/h3-9H,1H3. The van der Waals surface area contributed by atoms with Crippen molar-refractivity contribution in [2.75, 3.05) is 0 Å². The van der Waals surface area contributed by atoms with Crippen LogP contribution in [-0.2, 0) is 0 Å². The lowest BCUT2D eigenvalue weighted by Crippen LogP contribution is -1.85. The van der Waals surface area contributed by atoms with Crippen molar-refractivity contribution in [1.29, 1.82) is 0 Å². The molecular formula is C13H10N2. The molecule has 2 nitrogen and oxygen atoms in total. The molecule has 1 aromatic heterocycles. The molecule has 2 rings (SSSR count). The quantitative estimate of drug-likeness (QED) is 0.634. The molecule has 0 aliphatic heterocycles. The Labute approximate surface area is 89.0 Å². The van der Waals surface area contributed by atoms with Crippen molar-refractivity contribution >= 4 is 5.69 Å². The number of rotatable bonds is 1. The van der Waals surface area contributed by atoms with Gasteiger partial charge in [-0.25, -0.2) is 4.85 Å². The molecule has 0 radical (unpaired) electrons. The van der Waals surface area contributed by atoms with Gasteiger partial charge < -0.3 is 0 Å². The first kappa shape index (κ1) is 9.42. The van der Waals surface area contributed by atoms with Gasteiger partial charge in [-0.05, 0) is 24.6 Å². The van der Waals surface area contributed by atoms with Crippen LogP contribution < -0.4 is 0 Å². The molecule has 0 bridgehead atoms. The van der Waals surface area contributed by atoms with Crippen LogP contribution in [0.5, 0.6) is 0 Å². The van der Waals surface area contributed by atoms with Gasteiger partial charge in [-0.2, -0.15) is 0 Å². The van der Waals surface area contributed by atoms with Crippen molar-refractivity contribution in [3.05, 3.63) is 59.6 Å². The van der Waals surface area contributed by atoms with Gasteiger partial charge in [0.25, 0.3) is 0 Å². The fourth-order valence-corrected chi connectivity index (χ4v) is 1.41. The van der Waals surface area contributed by atoms with Gasteiger partial charge >= 0.3 is 0 Å². The molecule has 0 fully saturated rings. The van der Waals surface area contributed by atoms with Crippen LogP contribution in [0.25, 0.3) is 16.1 Å². The molecule has 0 atom stereocenters. The highest BCUT2D eigenvalue weighted by molar-refractivity contribution is 5.62. The van der Waals surface area contributed by atoms with Crippen molar-refractivity contribution in [3.63, 3.8) is 0 Å². The van der Waals surface area contributed by atoms with E-state index in [9.17, 15) is 0 Å². The largest absolute Gasteiger partial charge is 0.253 e. The predicted molar refractivity (Wildman–Crippen MR) is 60.7 cm³/mol. The molecule has 0 saturated carbocycles. The van der Waals surface area contributed by atoms with Crippen molar-refractivity contribution in [3.8, 4) is 11.3 Å². The summed E-state index contributed by atoms with van der Waals surface area (Å²) in [6.07, 6.45) is 0. The highest BCUT2D eigenvalue weighted by Crippen LogP contribution is 2.20. The highest BCUT2D eigenvalue weighted by Gasteiger charge is 1.98. The Morgan fingerprint density at radius 2 is 1.80 bits per heavy atom. The van der Waals surface area contributed by atoms with Crippen molar-refractivity contribution in [1.82, 2.24) is 4.98 Å². The van der Waals surface area contributed by atoms with Crippen LogP contribution in [0, 0.1) is 13.5 Å². The fourth-order valence-electron chi connectivity index (χ4n) is 1.41. The van der Waals surface area contributed by atoms with Crippen LogP contribution in [0.15, 0.2) is 42.5 Å². The van der Waals surface area contributed by atoms with Crippen LogP contribution >= 0.6 is 0 Å². The smallest absolute Gasteiger partial charge is 0.187 e. The molecule has 72 valence electrons. The Bertz CT molecular complexity index is 507. The Morgan fingerprint density at radius 1 is 1.07 bits per heavy atom. The average molecular weight is 194 g/mol. The van der Waals surface area contributed by atoms with Crippen LogP contribution in [0.1, 0.15) is 5.69 Å². The zero-order valence-electron chi connectivity index (χ0n) is 8.44. The van der Waals surface area contributed by atoms with Crippen LogP contribution in [0.4, 0.5) is 5.69 Å². The van der Waals surface area contributed by atoms with Gasteiger partial charge in [0.1, 0.15) is 0 Å². The van der Waals surface area contributed by atoms with E-state index in [1.54, 1.807) is 0 Å². The summed E-state index contributed by atoms with van der Waals surface area (Å²) in [7, 11) is 0. The third-order valence-corrected chi connectivity index (χ3v) is 2.18. The number of hydrogen-bond acceptors (Lipinski definition) is 1. The van der Waals surface area contributed by atoms with Crippen molar-refractivity contribution in [2.24, 2.45) is 0 Å². The summed E-state index contributed by atoms with van der Waals surface area (Å²) >= 11 is 0. The summed E-state index contributed by atoms with van der Waals surface area (Å²) in [5.41, 5.74) is 3.66. The number of nitrogens with zero attached hydrogens (tertiary/aromatic N) is 2. The second-order valence-electron chi connectivity index (χ2n) is 3.32. The normalized spacial score (nSPS) is 9.60. The Morgan fingerprint density at radius 3 is 2.40 bits per heavy atom. The molecule has 0 amide bonds. The van der Waals surface area contributed by atoms with E-state index in [1.165, 1.54) is 0 Å². The Balaban J connectivity index is 2.42. The maximum absolute atomic E-state index is 6.86. The Hall–Kier alpha value is -2.14. The summed E-state index contributed by atoms with van der Waals surface area (Å²) in [6.45, 7) is 8.83. The molecule has 2 aromatic rings. The second-order valence-corrected chi connectivity index (χ2v) is 3.32. The van der Waals surface area contributed by atoms with Crippen molar-refractivity contribution < 1.29 is 0 Å². The van der Waals surface area contributed by atoms with Gasteiger partial charge in [0.2, 0.25) is 0 Å². The SMILES string of the molecule is [C-]#[N+]c1ccc(-c2cccc(C)n2)cc1. The maximum Gasteiger partial charge on any atom is 0.187 e. The van der Waals surface area contributed by atoms with Crippen LogP contribution in [-0.4, -0.2) is 4.98 Å². The third kappa shape index (κ3) is 2.03. The second kappa shape index (κ2) is 3.93. The van der Waals surface area contributed by atoms with Crippen LogP contribution in [0.3, 0.4) is 0 Å². The Kier molecular flexibility index (Phi) is 2.47. The number of hydrogen-bond donors (Lipinski definition) is 0. The maximum atomic E-state index is 6.86. The molecule has 15 heavy (non-hydrogen) atoms. The van der Waals surface area contributed by atoms with Gasteiger partial charge in [-0.15, -0.1) is 0 Å². The molecule has 0 aliphatic rings. The van der Waals surface area contributed by atoms with E-state index in [4.69, 9.17) is 6.57 Å². The van der Waals surface area contributed by atoms with E-state index in [-0.39, 0.29) is 0 Å². The first-order chi connectivity index (χ1) is 7.29. The molecule has 1 heterocycles. The van der Waals surface area contributed by atoms with Gasteiger partial charge in [-0.3, -0.25) is 4.98 Å². The molecule has 0 unspecified atom stereocenters. The van der Waals surface area contributed by atoms with E-state index in [0.29, 0.717) is 5.69 Å². The van der Waals surface area contributed by atoms with Crippen LogP contribution in [0.2, 0.25) is 0 Å². The van der Waals surface area contributed by atoms with Gasteiger partial charge in [-0.1, -0.05) is 30.3 Å². The lowest BCUT2D eigenvalue weighted by molar-refractivity contribution is 1.21. The number of aryl methyl sites for hydroxylation is 1. The molecule has 0 N–H and O–H groups in total. The molecular weight excluding hydrogens is 184 g/mol. The average Bonchev–Trinajstić information content (AvgIpc) is 2.29. The number of aromatic nitrogens is 1. The van der Waals surface area contributed by atoms with E-state index in [1.807, 2.05) is 49.4 Å². The minimum Gasteiger partial charge on any atom is -0.253 e. The molecule has 0 spiro atoms. The zero-order valence-corrected chi connectivity index (χ0v) is 8.44. The first-order valence-corrected chi connectivity index (χ1v) is 4.71. The summed E-state index contributed by atoms with van der Waals surface area (Å²) in [5, 5.41) is 0. The molecule has 0 aliphatic carbocycles. The predicted octanol–water partition coefficient (Wildman–Crippen LogP) is 3.61. The topological polar surface area (TPSA) is 17.2 Å². The fraction of sp³-hybridized carbons (Fsp3) is 0.0769. The molecule has 0 saturated heterocycles. The van der Waals surface area contributed by atoms with E-state index in [0.717, 1.165) is 17.0 Å². The summed E-state index contributed by atoms with van der Waals surface area (Å²) < 4.78 is 0. The summed E-state index contributed by atoms with van der Waals surface area (Å²) in [4.78, 5) is 7.77. The van der Waals surface area contributed by atoms with E-state index in [2.05, 4.69) is 9.83 Å². The van der Waals surface area contributed by atoms with E-state index >= 15 is 0 Å². The number of pyridine rings is 1. The molecule has 1 aromatic carbocycles. The van der Waals surface area contributed by atoms with Gasteiger partial charge in [0.15, 0.2) is 5.69 Å². The lowest BCUT2D eigenvalue weighted by Gasteiger charge is -2.01. The molecule has 2 heteroatoms. The minimum absolute atomic E-state index is 0.659. The lowest BCUT2D eigenvalue weighted by atomic mass is 10.1. The summed E-state index contributed by atoms with van der Waals surface area (Å²) in [5.74, 6) is 0. The zero-order chi connectivity index (χ0) is 10.7. The summed E-state index contributed by atoms with van der Waals surface area (Å²) in [6, 6.07) is 13.4. The monoisotopic (exact) mass is 194 g/mol. The first-order valence-electron chi connectivity index (χ1n) is 4.71. The van der Waals surface area contributed by atoms with E-state index < -0.39 is 0 Å². The highest BCUT2D eigenvalue weighted by atomic mass is 14.7. The van der Waals surface area contributed by atoms with Gasteiger partial charge in [0, 0.05) is 5.69 Å².